The Morgan fingerprint density at radius 2 is 0.860 bits per heavy atom. The van der Waals surface area contributed by atoms with Crippen LogP contribution in [0.1, 0.15) is 70.0 Å². The zero-order valence-corrected chi connectivity index (χ0v) is 32.4. The van der Waals surface area contributed by atoms with Crippen LogP contribution in [0.4, 0.5) is 0 Å². The maximum absolute atomic E-state index is 13.3. The number of esters is 1. The van der Waals surface area contributed by atoms with Crippen LogP contribution in [0.3, 0.4) is 0 Å². The highest BCUT2D eigenvalue weighted by atomic mass is 28.4. The molecule has 50 heavy (non-hydrogen) atoms. The van der Waals surface area contributed by atoms with E-state index in [9.17, 15) is 9.90 Å². The molecule has 0 bridgehead atoms. The second kappa shape index (κ2) is 15.3. The summed E-state index contributed by atoms with van der Waals surface area (Å²) in [5.74, 6) is -0.389. The minimum absolute atomic E-state index is 0.0638. The molecule has 0 amide bonds. The lowest BCUT2D eigenvalue weighted by molar-refractivity contribution is 0.0526. The van der Waals surface area contributed by atoms with Gasteiger partial charge in [-0.1, -0.05) is 163 Å². The number of rotatable bonds is 12. The molecular formula is C43H50O5Si2. The standard InChI is InChI=1S/C43H50O5Si2/c1-8-46-41(45)33-29-34(31-47-49(42(2,3)4,36-21-13-9-14-22-36)37-23-15-10-16-24-37)40(44)35(30-33)32-48-50(43(5,6)7,38-25-17-11-18-26-38)39-27-19-12-20-28-39/h9-30,44H,8,31-32H2,1-7H3. The number of aromatic hydroxyl groups is 1. The highest BCUT2D eigenvalue weighted by Gasteiger charge is 2.51. The van der Waals surface area contributed by atoms with Crippen LogP contribution in [0.25, 0.3) is 0 Å². The van der Waals surface area contributed by atoms with E-state index in [0.29, 0.717) is 16.7 Å². The molecule has 0 aliphatic carbocycles. The van der Waals surface area contributed by atoms with Crippen LogP contribution < -0.4 is 20.7 Å². The van der Waals surface area contributed by atoms with Gasteiger partial charge in [0.1, 0.15) is 5.75 Å². The molecule has 0 saturated carbocycles. The van der Waals surface area contributed by atoms with Crippen LogP contribution in [0.15, 0.2) is 133 Å². The van der Waals surface area contributed by atoms with Gasteiger partial charge in [0.2, 0.25) is 0 Å². The van der Waals surface area contributed by atoms with Crippen molar-refractivity contribution >= 4 is 43.4 Å². The molecule has 5 aromatic carbocycles. The number of ether oxygens (including phenoxy) is 1. The first-order valence-electron chi connectivity index (χ1n) is 17.4. The van der Waals surface area contributed by atoms with Gasteiger partial charge in [0.05, 0.1) is 25.4 Å². The molecule has 0 unspecified atom stereocenters. The molecule has 0 saturated heterocycles. The molecule has 260 valence electrons. The molecule has 0 radical (unpaired) electrons. The first-order valence-corrected chi connectivity index (χ1v) is 21.2. The highest BCUT2D eigenvalue weighted by molar-refractivity contribution is 7.00. The van der Waals surface area contributed by atoms with Crippen LogP contribution in [0.2, 0.25) is 10.1 Å². The zero-order chi connectivity index (χ0) is 36.0. The van der Waals surface area contributed by atoms with E-state index >= 15 is 0 Å². The summed E-state index contributed by atoms with van der Waals surface area (Å²) in [5.41, 5.74) is 1.39. The molecule has 0 fully saturated rings. The number of phenolic OH excluding ortho intramolecular Hbond substituents is 1. The van der Waals surface area contributed by atoms with Crippen molar-refractivity contribution in [1.82, 2.24) is 0 Å². The molecule has 0 heterocycles. The molecular weight excluding hydrogens is 653 g/mol. The SMILES string of the molecule is CCOC(=O)c1cc(CO[Si](c2ccccc2)(c2ccccc2)C(C)(C)C)c(O)c(CO[Si](c2ccccc2)(c2ccccc2)C(C)(C)C)c1. The van der Waals surface area contributed by atoms with E-state index in [1.165, 1.54) is 0 Å². The number of carbonyl (C=O) groups is 1. The molecule has 7 heteroatoms. The summed E-state index contributed by atoms with van der Waals surface area (Å²) in [6, 6.07) is 45.0. The van der Waals surface area contributed by atoms with Crippen LogP contribution >= 0.6 is 0 Å². The average Bonchev–Trinajstić information content (AvgIpc) is 3.10. The zero-order valence-electron chi connectivity index (χ0n) is 30.4. The van der Waals surface area contributed by atoms with Gasteiger partial charge in [-0.15, -0.1) is 0 Å². The van der Waals surface area contributed by atoms with Crippen molar-refractivity contribution in [2.45, 2.75) is 71.8 Å². The van der Waals surface area contributed by atoms with E-state index in [2.05, 4.69) is 90.1 Å². The summed E-state index contributed by atoms with van der Waals surface area (Å²) in [4.78, 5) is 13.3. The lowest BCUT2D eigenvalue weighted by Crippen LogP contribution is -2.66. The Balaban J connectivity index is 1.62. The number of benzene rings is 5. The van der Waals surface area contributed by atoms with Crippen molar-refractivity contribution in [1.29, 1.82) is 0 Å². The van der Waals surface area contributed by atoms with Gasteiger partial charge in [-0.25, -0.2) is 4.79 Å². The number of carbonyl (C=O) groups excluding carboxylic acids is 1. The van der Waals surface area contributed by atoms with Crippen LogP contribution in [0.5, 0.6) is 5.75 Å². The lowest BCUT2D eigenvalue weighted by Gasteiger charge is -2.43. The van der Waals surface area contributed by atoms with Crippen molar-refractivity contribution in [3.8, 4) is 5.75 Å². The van der Waals surface area contributed by atoms with Gasteiger partial charge in [-0.05, 0) is 49.9 Å². The molecule has 0 spiro atoms. The van der Waals surface area contributed by atoms with Crippen molar-refractivity contribution in [3.63, 3.8) is 0 Å². The molecule has 5 rings (SSSR count). The van der Waals surface area contributed by atoms with E-state index in [4.69, 9.17) is 13.6 Å². The van der Waals surface area contributed by atoms with Crippen LogP contribution in [-0.4, -0.2) is 34.3 Å². The van der Waals surface area contributed by atoms with Crippen LogP contribution in [-0.2, 0) is 26.8 Å². The van der Waals surface area contributed by atoms with Gasteiger partial charge < -0.3 is 18.7 Å². The van der Waals surface area contributed by atoms with Gasteiger partial charge in [0, 0.05) is 11.1 Å². The van der Waals surface area contributed by atoms with Crippen molar-refractivity contribution < 1.29 is 23.5 Å². The molecule has 5 nitrogen and oxygen atoms in total. The molecule has 1 N–H and O–H groups in total. The summed E-state index contributed by atoms with van der Waals surface area (Å²) < 4.78 is 19.9. The first-order chi connectivity index (χ1) is 23.8. The minimum Gasteiger partial charge on any atom is -0.507 e. The predicted molar refractivity (Wildman–Crippen MR) is 209 cm³/mol. The van der Waals surface area contributed by atoms with E-state index in [1.54, 1.807) is 19.1 Å². The van der Waals surface area contributed by atoms with E-state index in [1.807, 2.05) is 72.8 Å². The van der Waals surface area contributed by atoms with Gasteiger partial charge in [-0.3, -0.25) is 0 Å². The second-order valence-corrected chi connectivity index (χ2v) is 23.4. The monoisotopic (exact) mass is 702 g/mol. The fraction of sp³-hybridized carbons (Fsp3) is 0.279. The molecule has 0 aliphatic heterocycles. The highest BCUT2D eigenvalue weighted by Crippen LogP contribution is 2.40. The summed E-state index contributed by atoms with van der Waals surface area (Å²) in [6.45, 7) is 15.5. The largest absolute Gasteiger partial charge is 0.507 e. The van der Waals surface area contributed by atoms with Gasteiger partial charge in [0.15, 0.2) is 0 Å². The number of hydrogen-bond donors (Lipinski definition) is 1. The fourth-order valence-electron chi connectivity index (χ4n) is 7.21. The number of hydrogen-bond acceptors (Lipinski definition) is 5. The summed E-state index contributed by atoms with van der Waals surface area (Å²) in [7, 11) is -5.89. The number of phenols is 1. The van der Waals surface area contributed by atoms with Crippen molar-refractivity contribution in [2.75, 3.05) is 6.61 Å². The quantitative estimate of drug-likeness (QED) is 0.107. The summed E-state index contributed by atoms with van der Waals surface area (Å²) in [5, 5.41) is 16.0. The molecule has 0 aliphatic rings. The first kappa shape index (κ1) is 37.0. The second-order valence-electron chi connectivity index (χ2n) is 14.8. The third-order valence-corrected chi connectivity index (χ3v) is 19.5. The Kier molecular flexibility index (Phi) is 11.3. The Morgan fingerprint density at radius 3 is 1.12 bits per heavy atom. The molecule has 0 atom stereocenters. The maximum Gasteiger partial charge on any atom is 0.338 e. The topological polar surface area (TPSA) is 65.0 Å². The van der Waals surface area contributed by atoms with Crippen molar-refractivity contribution in [3.05, 3.63) is 150 Å². The fourth-order valence-corrected chi connectivity index (χ4v) is 16.3. The normalized spacial score (nSPS) is 12.5. The summed E-state index contributed by atoms with van der Waals surface area (Å²) >= 11 is 0. The Hall–Kier alpha value is -4.28. The van der Waals surface area contributed by atoms with Gasteiger partial charge in [0.25, 0.3) is 16.6 Å². The molecule has 0 aromatic heterocycles. The maximum atomic E-state index is 13.3. The van der Waals surface area contributed by atoms with Crippen molar-refractivity contribution in [2.24, 2.45) is 0 Å². The third kappa shape index (κ3) is 7.28. The Labute approximate surface area is 300 Å². The Morgan fingerprint density at radius 1 is 0.560 bits per heavy atom. The van der Waals surface area contributed by atoms with Crippen LogP contribution in [0, 0.1) is 0 Å². The minimum atomic E-state index is -2.95. The van der Waals surface area contributed by atoms with Gasteiger partial charge in [-0.2, -0.15) is 0 Å². The average molecular weight is 703 g/mol. The van der Waals surface area contributed by atoms with Gasteiger partial charge >= 0.3 is 5.97 Å². The van der Waals surface area contributed by atoms with E-state index in [-0.39, 0.29) is 35.6 Å². The van der Waals surface area contributed by atoms with E-state index < -0.39 is 22.6 Å². The third-order valence-electron chi connectivity index (χ3n) is 9.50. The predicted octanol–water partition coefficient (Wildman–Crippen LogP) is 7.72. The summed E-state index contributed by atoms with van der Waals surface area (Å²) in [6.07, 6.45) is 0. The molecule has 5 aromatic rings. The Bertz CT molecular complexity index is 1640. The smallest absolute Gasteiger partial charge is 0.338 e. The van der Waals surface area contributed by atoms with E-state index in [0.717, 1.165) is 20.7 Å². The lowest BCUT2D eigenvalue weighted by atomic mass is 10.0.